The van der Waals surface area contributed by atoms with E-state index in [0.717, 1.165) is 17.9 Å². The highest BCUT2D eigenvalue weighted by atomic mass is 32.2. The van der Waals surface area contributed by atoms with E-state index in [-0.39, 0.29) is 6.04 Å². The van der Waals surface area contributed by atoms with Gasteiger partial charge in [0.1, 0.15) is 0 Å². The van der Waals surface area contributed by atoms with Crippen molar-refractivity contribution in [3.63, 3.8) is 0 Å². The topological polar surface area (TPSA) is 58.2 Å². The first kappa shape index (κ1) is 14.0. The lowest BCUT2D eigenvalue weighted by Gasteiger charge is -2.23. The van der Waals surface area contributed by atoms with Crippen LogP contribution in [-0.2, 0) is 16.6 Å². The molecule has 0 aromatic heterocycles. The van der Waals surface area contributed by atoms with E-state index in [0.29, 0.717) is 17.4 Å². The third kappa shape index (κ3) is 2.62. The van der Waals surface area contributed by atoms with Gasteiger partial charge in [0.15, 0.2) is 0 Å². The van der Waals surface area contributed by atoms with Gasteiger partial charge in [-0.1, -0.05) is 24.6 Å². The molecule has 0 radical (unpaired) electrons. The molecule has 0 saturated heterocycles. The van der Waals surface area contributed by atoms with Crippen molar-refractivity contribution in [2.75, 3.05) is 7.05 Å². The van der Waals surface area contributed by atoms with Crippen LogP contribution < -0.4 is 10.0 Å². The highest BCUT2D eigenvalue weighted by molar-refractivity contribution is 7.89. The summed E-state index contributed by atoms with van der Waals surface area (Å²) in [5.41, 5.74) is 0.825. The van der Waals surface area contributed by atoms with Gasteiger partial charge in [0.25, 0.3) is 0 Å². The van der Waals surface area contributed by atoms with E-state index in [1.165, 1.54) is 19.3 Å². The Kier molecular flexibility index (Phi) is 3.84. The van der Waals surface area contributed by atoms with E-state index in [1.54, 1.807) is 12.1 Å². The average Bonchev–Trinajstić information content (AvgIpc) is 3.01. The van der Waals surface area contributed by atoms with Crippen LogP contribution in [-0.4, -0.2) is 21.5 Å². The lowest BCUT2D eigenvalue weighted by atomic mass is 9.96. The van der Waals surface area contributed by atoms with Crippen LogP contribution in [0.3, 0.4) is 0 Å². The maximum absolute atomic E-state index is 12.6. The number of benzene rings is 1. The Labute approximate surface area is 121 Å². The molecular formula is C15H22N2O2S. The largest absolute Gasteiger partial charge is 0.316 e. The first-order chi connectivity index (χ1) is 9.60. The molecule has 2 aliphatic rings. The van der Waals surface area contributed by atoms with Gasteiger partial charge in [-0.2, -0.15) is 0 Å². The normalized spacial score (nSPS) is 28.9. The van der Waals surface area contributed by atoms with E-state index in [1.807, 2.05) is 19.2 Å². The quantitative estimate of drug-likeness (QED) is 0.871. The van der Waals surface area contributed by atoms with Crippen LogP contribution in [0.1, 0.15) is 31.2 Å². The minimum atomic E-state index is -3.41. The molecule has 0 spiro atoms. The lowest BCUT2D eigenvalue weighted by molar-refractivity contribution is 0.390. The predicted molar refractivity (Wildman–Crippen MR) is 78.8 cm³/mol. The van der Waals surface area contributed by atoms with Crippen LogP contribution in [0, 0.1) is 11.8 Å². The third-order valence-corrected chi connectivity index (χ3v) is 6.26. The van der Waals surface area contributed by atoms with E-state index >= 15 is 0 Å². The number of nitrogens with one attached hydrogen (secondary N) is 2. The molecule has 1 aromatic carbocycles. The average molecular weight is 294 g/mol. The molecule has 0 amide bonds. The fraction of sp³-hybridized carbons (Fsp3) is 0.600. The van der Waals surface area contributed by atoms with Crippen molar-refractivity contribution < 1.29 is 8.42 Å². The molecule has 2 aliphatic carbocycles. The molecule has 0 aliphatic heterocycles. The Morgan fingerprint density at radius 3 is 2.65 bits per heavy atom. The first-order valence-corrected chi connectivity index (χ1v) is 8.83. The van der Waals surface area contributed by atoms with Gasteiger partial charge >= 0.3 is 0 Å². The van der Waals surface area contributed by atoms with Gasteiger partial charge in [0, 0.05) is 12.6 Å². The Bertz CT molecular complexity index is 585. The van der Waals surface area contributed by atoms with Gasteiger partial charge in [0.05, 0.1) is 4.90 Å². The molecule has 3 rings (SSSR count). The molecule has 110 valence electrons. The monoisotopic (exact) mass is 294 g/mol. The summed E-state index contributed by atoms with van der Waals surface area (Å²) in [6.07, 6.45) is 4.67. The molecular weight excluding hydrogens is 272 g/mol. The van der Waals surface area contributed by atoms with Gasteiger partial charge in [-0.15, -0.1) is 0 Å². The Hall–Kier alpha value is -0.910. The second-order valence-electron chi connectivity index (χ2n) is 6.04. The Morgan fingerprint density at radius 2 is 2.00 bits per heavy atom. The van der Waals surface area contributed by atoms with Gasteiger partial charge in [-0.05, 0) is 49.8 Å². The summed E-state index contributed by atoms with van der Waals surface area (Å²) in [5, 5.41) is 3.02. The molecule has 2 saturated carbocycles. The van der Waals surface area contributed by atoms with E-state index in [9.17, 15) is 8.42 Å². The number of fused-ring (bicyclic) bond motifs is 2. The maximum atomic E-state index is 12.6. The van der Waals surface area contributed by atoms with E-state index in [2.05, 4.69) is 10.0 Å². The minimum absolute atomic E-state index is 0.140. The maximum Gasteiger partial charge on any atom is 0.241 e. The summed E-state index contributed by atoms with van der Waals surface area (Å²) in [7, 11) is -1.58. The van der Waals surface area contributed by atoms with Crippen molar-refractivity contribution in [3.8, 4) is 0 Å². The number of hydrogen-bond acceptors (Lipinski definition) is 3. The van der Waals surface area contributed by atoms with E-state index in [4.69, 9.17) is 0 Å². The zero-order valence-corrected chi connectivity index (χ0v) is 12.6. The molecule has 1 aromatic rings. The number of hydrogen-bond donors (Lipinski definition) is 2. The zero-order valence-electron chi connectivity index (χ0n) is 11.8. The summed E-state index contributed by atoms with van der Waals surface area (Å²) in [4.78, 5) is 0.414. The van der Waals surface area contributed by atoms with Crippen LogP contribution in [0.4, 0.5) is 0 Å². The molecule has 2 N–H and O–H groups in total. The minimum Gasteiger partial charge on any atom is -0.316 e. The molecule has 0 heterocycles. The van der Waals surface area contributed by atoms with Crippen LogP contribution >= 0.6 is 0 Å². The molecule has 20 heavy (non-hydrogen) atoms. The van der Waals surface area contributed by atoms with Crippen molar-refractivity contribution in [2.24, 2.45) is 11.8 Å². The van der Waals surface area contributed by atoms with Crippen LogP contribution in [0.2, 0.25) is 0 Å². The first-order valence-electron chi connectivity index (χ1n) is 7.35. The molecule has 3 unspecified atom stereocenters. The second kappa shape index (κ2) is 5.47. The summed E-state index contributed by atoms with van der Waals surface area (Å²) in [6.45, 7) is 0.563. The highest BCUT2D eigenvalue weighted by Crippen LogP contribution is 2.44. The fourth-order valence-corrected chi connectivity index (χ4v) is 5.31. The fourth-order valence-electron chi connectivity index (χ4n) is 3.75. The van der Waals surface area contributed by atoms with Crippen LogP contribution in [0.25, 0.3) is 0 Å². The standard InChI is InChI=1S/C15H22N2O2S/c1-16-10-13-4-2-3-5-15(13)20(18,19)17-14-9-11-6-7-12(14)8-11/h2-5,11-12,14,16-17H,6-10H2,1H3. The lowest BCUT2D eigenvalue weighted by Crippen LogP contribution is -2.38. The van der Waals surface area contributed by atoms with Crippen molar-refractivity contribution in [2.45, 2.75) is 43.2 Å². The highest BCUT2D eigenvalue weighted by Gasteiger charge is 2.41. The molecule has 5 heteroatoms. The third-order valence-electron chi connectivity index (χ3n) is 4.67. The zero-order chi connectivity index (χ0) is 14.2. The summed E-state index contributed by atoms with van der Waals surface area (Å²) in [6, 6.07) is 7.37. The predicted octanol–water partition coefficient (Wildman–Crippen LogP) is 1.87. The van der Waals surface area contributed by atoms with Gasteiger partial charge in [-0.25, -0.2) is 13.1 Å². The van der Waals surface area contributed by atoms with Gasteiger partial charge < -0.3 is 5.32 Å². The SMILES string of the molecule is CNCc1ccccc1S(=O)(=O)NC1CC2CCC1C2. The molecule has 2 fully saturated rings. The Morgan fingerprint density at radius 1 is 1.20 bits per heavy atom. The van der Waals surface area contributed by atoms with Gasteiger partial charge in [0.2, 0.25) is 10.0 Å². The van der Waals surface area contributed by atoms with Crippen molar-refractivity contribution in [1.29, 1.82) is 0 Å². The van der Waals surface area contributed by atoms with Crippen LogP contribution in [0.15, 0.2) is 29.2 Å². The van der Waals surface area contributed by atoms with Gasteiger partial charge in [-0.3, -0.25) is 0 Å². The summed E-state index contributed by atoms with van der Waals surface area (Å²) in [5.74, 6) is 1.28. The number of sulfonamides is 1. The molecule has 4 nitrogen and oxygen atoms in total. The second-order valence-corrected chi connectivity index (χ2v) is 7.72. The summed E-state index contributed by atoms with van der Waals surface area (Å²) >= 11 is 0. The van der Waals surface area contributed by atoms with Crippen molar-refractivity contribution in [1.82, 2.24) is 10.0 Å². The van der Waals surface area contributed by atoms with Crippen molar-refractivity contribution >= 4 is 10.0 Å². The Balaban J connectivity index is 1.81. The smallest absolute Gasteiger partial charge is 0.241 e. The molecule has 3 atom stereocenters. The van der Waals surface area contributed by atoms with E-state index < -0.39 is 10.0 Å². The van der Waals surface area contributed by atoms with Crippen molar-refractivity contribution in [3.05, 3.63) is 29.8 Å². The summed E-state index contributed by atoms with van der Waals surface area (Å²) < 4.78 is 28.2. The number of rotatable bonds is 5. The van der Waals surface area contributed by atoms with Crippen LogP contribution in [0.5, 0.6) is 0 Å². The molecule has 2 bridgehead atoms.